The van der Waals surface area contributed by atoms with Crippen LogP contribution in [0.25, 0.3) is 60.8 Å². The smallest absolute Gasteiger partial charge is 0.250 e. The molecule has 6 N–H and O–H groups in total. The first-order valence-electron chi connectivity index (χ1n) is 34.0. The summed E-state index contributed by atoms with van der Waals surface area (Å²) in [6, 6.07) is 28.8. The SMILES string of the molecule is COc1cc(CO)ccc1C=Cc1nc(C(Cl)(Cl)Cl)nc(C(Cl)(Cl)Cl)n1.COc1ccccc1C=Cc1nc(C(Cl)(Cl)Cl)nc(C(Cl)(Cl)Cl)n1.Cc1ccc(C=Cc2nc(C(Cl)(Cl)Cl)nc(C(Cl)(Cl)Cl)n2)cc1.OCc1cc(C=Cc2nc(C(Cl)(Cl)Cl)nc(C(Cl)(Cl)Cl)n2)cc(CO)c1CO.OCc1ccc(C=Cc2nc(C(Cl)(Cl)Cl)nc(C(Cl)(Cl)Cl)n2)cc1CO. The highest BCUT2D eigenvalue weighted by Gasteiger charge is 2.39. The number of methoxy groups -OCH3 is 2. The lowest BCUT2D eigenvalue weighted by Crippen LogP contribution is -2.16. The molecule has 0 amide bonds. The summed E-state index contributed by atoms with van der Waals surface area (Å²) >= 11 is 175. The number of rotatable bonds is 18. The highest BCUT2D eigenvalue weighted by molar-refractivity contribution is 6.71. The first-order valence-corrected chi connectivity index (χ1v) is 45.3. The van der Waals surface area contributed by atoms with Gasteiger partial charge in [-0.25, -0.2) is 74.8 Å². The van der Waals surface area contributed by atoms with E-state index in [-0.39, 0.29) is 127 Å². The summed E-state index contributed by atoms with van der Waals surface area (Å²) < 4.78 is -8.58. The van der Waals surface area contributed by atoms with Crippen molar-refractivity contribution in [1.82, 2.24) is 74.8 Å². The van der Waals surface area contributed by atoms with Crippen molar-refractivity contribution < 1.29 is 40.1 Å². The number of para-hydroxylation sites is 1. The molecule has 5 heterocycles. The number of hydrogen-bond donors (Lipinski definition) is 6. The number of alkyl halides is 30. The molecule has 0 fully saturated rings. The molecule has 0 aliphatic carbocycles. The molecule has 5 aromatic heterocycles. The Morgan fingerprint density at radius 1 is 0.244 bits per heavy atom. The number of aliphatic hydroxyl groups is 6. The zero-order valence-corrected chi connectivity index (χ0v) is 86.0. The summed E-state index contributed by atoms with van der Waals surface area (Å²) in [5.41, 5.74) is 8.23. The fraction of sp³-hybridized carbons (Fsp3) is 0.257. The van der Waals surface area contributed by atoms with Crippen LogP contribution in [0.3, 0.4) is 0 Å². The van der Waals surface area contributed by atoms with Crippen molar-refractivity contribution in [3.63, 3.8) is 0 Å². The quantitative estimate of drug-likeness (QED) is 0.0435. The molecule has 682 valence electrons. The van der Waals surface area contributed by atoms with Crippen LogP contribution in [0.15, 0.2) is 97.1 Å². The third-order valence-corrected chi connectivity index (χ3v) is 20.2. The zero-order chi connectivity index (χ0) is 95.4. The molecule has 10 rings (SSSR count). The summed E-state index contributed by atoms with van der Waals surface area (Å²) in [4.78, 5) is 60.0. The molecule has 0 atom stereocenters. The summed E-state index contributed by atoms with van der Waals surface area (Å²) in [7, 11) is 3.08. The maximum atomic E-state index is 9.49. The van der Waals surface area contributed by atoms with Gasteiger partial charge in [0.05, 0.1) is 53.9 Å². The van der Waals surface area contributed by atoms with Gasteiger partial charge >= 0.3 is 0 Å². The second-order valence-corrected chi connectivity index (χ2v) is 47.2. The van der Waals surface area contributed by atoms with Gasteiger partial charge in [0.2, 0.25) is 37.9 Å². The van der Waals surface area contributed by atoms with E-state index >= 15 is 0 Å². The van der Waals surface area contributed by atoms with Gasteiger partial charge in [-0.15, -0.1) is 0 Å². The Kier molecular flexibility index (Phi) is 44.5. The van der Waals surface area contributed by atoms with Crippen LogP contribution >= 0.6 is 348 Å². The van der Waals surface area contributed by atoms with E-state index in [2.05, 4.69) is 74.8 Å². The van der Waals surface area contributed by atoms with Crippen LogP contribution in [0.4, 0.5) is 0 Å². The fourth-order valence-electron chi connectivity index (χ4n) is 9.37. The van der Waals surface area contributed by atoms with E-state index in [1.807, 2.05) is 55.5 Å². The van der Waals surface area contributed by atoms with Crippen LogP contribution in [-0.4, -0.2) is 120 Å². The number of halogens is 30. The minimum absolute atomic E-state index is 0.0555. The van der Waals surface area contributed by atoms with Crippen molar-refractivity contribution in [3.05, 3.63) is 251 Å². The van der Waals surface area contributed by atoms with Crippen LogP contribution in [0.2, 0.25) is 0 Å². The molecule has 10 aromatic rings. The predicted molar refractivity (Wildman–Crippen MR) is 522 cm³/mol. The molecule has 0 saturated heterocycles. The number of aliphatic hydroxyl groups excluding tert-OH is 6. The van der Waals surface area contributed by atoms with Crippen molar-refractivity contribution in [2.45, 2.75) is 84.5 Å². The van der Waals surface area contributed by atoms with Crippen LogP contribution in [-0.2, 0) is 77.6 Å². The zero-order valence-electron chi connectivity index (χ0n) is 63.3. The van der Waals surface area contributed by atoms with Crippen LogP contribution in [0, 0.1) is 6.92 Å². The van der Waals surface area contributed by atoms with Gasteiger partial charge in [-0.2, -0.15) is 0 Å². The van der Waals surface area contributed by atoms with Crippen molar-refractivity contribution in [1.29, 1.82) is 0 Å². The van der Waals surface area contributed by atoms with E-state index in [0.29, 0.717) is 56.0 Å². The molecule has 5 aromatic carbocycles. The van der Waals surface area contributed by atoms with Crippen LogP contribution in [0.1, 0.15) is 154 Å². The lowest BCUT2D eigenvalue weighted by molar-refractivity contribution is 0.247. The number of nitrogens with zero attached hydrogens (tertiary/aromatic N) is 15. The summed E-state index contributed by atoms with van der Waals surface area (Å²) in [6.45, 7) is 0.566. The largest absolute Gasteiger partial charge is 0.496 e. The minimum Gasteiger partial charge on any atom is -0.496 e. The second-order valence-electron chi connectivity index (χ2n) is 24.4. The fourth-order valence-corrected chi connectivity index (χ4v) is 11.9. The Hall–Kier alpha value is -2.09. The number of aromatic nitrogens is 15. The number of aryl methyl sites for hydroxylation is 1. The maximum Gasteiger partial charge on any atom is 0.250 e. The van der Waals surface area contributed by atoms with Crippen LogP contribution in [0.5, 0.6) is 11.5 Å². The molecule has 0 radical (unpaired) electrons. The third kappa shape index (κ3) is 37.4. The topological polar surface area (TPSA) is 333 Å². The average molecular weight is 2340 g/mol. The normalized spacial score (nSPS) is 12.7. The van der Waals surface area contributed by atoms with Gasteiger partial charge in [0.1, 0.15) is 11.5 Å². The Morgan fingerprint density at radius 2 is 0.512 bits per heavy atom. The Balaban J connectivity index is 0.000000245. The molecular weight excluding hydrogens is 2290 g/mol. The van der Waals surface area contributed by atoms with Gasteiger partial charge in [-0.05, 0) is 130 Å². The molecule has 53 heteroatoms. The molecule has 0 aliphatic rings. The molecule has 23 nitrogen and oxygen atoms in total. The number of benzene rings is 5. The summed E-state index contributed by atoms with van der Waals surface area (Å²) in [5, 5.41) is 56.2. The lowest BCUT2D eigenvalue weighted by atomic mass is 9.98. The van der Waals surface area contributed by atoms with Gasteiger partial charge < -0.3 is 40.1 Å². The van der Waals surface area contributed by atoms with Crippen molar-refractivity contribution in [3.8, 4) is 11.5 Å². The van der Waals surface area contributed by atoms with E-state index in [1.54, 1.807) is 98.2 Å². The molecule has 0 bridgehead atoms. The molecule has 0 aliphatic heterocycles. The first kappa shape index (κ1) is 114. The third-order valence-electron chi connectivity index (χ3n) is 15.1. The molecule has 0 spiro atoms. The van der Waals surface area contributed by atoms with Crippen molar-refractivity contribution in [2.75, 3.05) is 14.2 Å². The first-order chi connectivity index (χ1) is 58.7. The van der Waals surface area contributed by atoms with Crippen molar-refractivity contribution >= 4 is 409 Å². The van der Waals surface area contributed by atoms with E-state index < -0.39 is 37.9 Å². The molecule has 0 unspecified atom stereocenters. The monoisotopic (exact) mass is 2330 g/mol. The van der Waals surface area contributed by atoms with E-state index in [0.717, 1.165) is 22.3 Å². The Bertz CT molecular complexity index is 5370. The van der Waals surface area contributed by atoms with Gasteiger partial charge in [-0.3, -0.25) is 0 Å². The van der Waals surface area contributed by atoms with E-state index in [1.165, 1.54) is 25.3 Å². The van der Waals surface area contributed by atoms with Gasteiger partial charge in [-0.1, -0.05) is 439 Å². The van der Waals surface area contributed by atoms with E-state index in [4.69, 9.17) is 358 Å². The lowest BCUT2D eigenvalue weighted by Gasteiger charge is -2.14. The summed E-state index contributed by atoms with van der Waals surface area (Å²) in [5.74, 6) is 0.148. The highest BCUT2D eigenvalue weighted by atomic mass is 35.6. The molecule has 0 saturated carbocycles. The highest BCUT2D eigenvalue weighted by Crippen LogP contribution is 2.46. The van der Waals surface area contributed by atoms with Gasteiger partial charge in [0.25, 0.3) is 0 Å². The minimum atomic E-state index is -1.97. The molecular formula is C74H53Cl30N15O8. The summed E-state index contributed by atoms with van der Waals surface area (Å²) in [6.07, 6.45) is 16.1. The van der Waals surface area contributed by atoms with E-state index in [9.17, 15) is 30.6 Å². The maximum absolute atomic E-state index is 9.49. The predicted octanol–water partition coefficient (Wildman–Crippen LogP) is 25.8. The second kappa shape index (κ2) is 49.8. The van der Waals surface area contributed by atoms with Gasteiger partial charge in [0.15, 0.2) is 87.4 Å². The van der Waals surface area contributed by atoms with Gasteiger partial charge in [0, 0.05) is 11.1 Å². The number of hydrogen-bond acceptors (Lipinski definition) is 23. The Labute approximate surface area is 874 Å². The molecule has 127 heavy (non-hydrogen) atoms. The average Bonchev–Trinajstić information content (AvgIpc) is 0.814. The number of ether oxygens (including phenoxy) is 2. The van der Waals surface area contributed by atoms with Crippen molar-refractivity contribution in [2.24, 2.45) is 0 Å². The van der Waals surface area contributed by atoms with Crippen LogP contribution < -0.4 is 9.47 Å². The standard InChI is InChI=1S/C16H13Cl6N3O3.2C15H11Cl6N3O2.C14H9Cl6N3O.C14H9Cl6N3/c17-15(18,19)13-23-12(24-14(25-13)16(20,21)22)2-1-8-3-9(5-26)11(7-28)10(4-8)6-27;1-26-10-6-8(7-25)2-3-9(10)4-5-11-22-12(14(16,17)18)24-13(23-11)15(19,20)21;16-14(17,18)12-22-11(23-13(24-12)15(19,20)21)4-2-8-1-3-9(6-25)10(5-8)7-26;1-24-9-5-3-2-4-8(9)6-7-10-21-11(13(15,16)17)23-12(22-10)14(18,19)20;1-8-2-4-9(5-3-8)6-7-10-21-11(13(15,16)17)23-12(22-10)14(18,19)20/h1-4,26-28H,5-7H2;2-6,25H,7H2,1H3;1-5,25-26H,6-7H2;2-7H,1H3;2-7H,1H3. The Morgan fingerprint density at radius 3 is 0.795 bits per heavy atom.